The Morgan fingerprint density at radius 2 is 1.92 bits per heavy atom. The average Bonchev–Trinajstić information content (AvgIpc) is 2.60. The maximum atomic E-state index is 11.9. The van der Waals surface area contributed by atoms with Gasteiger partial charge in [-0.05, 0) is 50.8 Å². The molecule has 2 rings (SSSR count). The zero-order chi connectivity index (χ0) is 18.4. The molecule has 6 heteroatoms. The SMILES string of the molecule is CCOc1ccc(COc2ccc(C)cc2C)c(N(O)C(=O)SC)c1. The van der Waals surface area contributed by atoms with Gasteiger partial charge in [0.25, 0.3) is 0 Å². The van der Waals surface area contributed by atoms with Crippen LogP contribution in [0.3, 0.4) is 0 Å². The Bertz CT molecular complexity index is 748. The molecule has 0 saturated heterocycles. The molecule has 0 radical (unpaired) electrons. The number of hydrogen-bond acceptors (Lipinski definition) is 5. The number of carbonyl (C=O) groups is 1. The van der Waals surface area contributed by atoms with Crippen LogP contribution in [-0.2, 0) is 6.61 Å². The molecular formula is C19H23NO4S. The largest absolute Gasteiger partial charge is 0.494 e. The van der Waals surface area contributed by atoms with Crippen molar-refractivity contribution < 1.29 is 19.5 Å². The molecule has 0 aromatic heterocycles. The van der Waals surface area contributed by atoms with E-state index in [0.717, 1.165) is 23.1 Å². The normalized spacial score (nSPS) is 10.4. The third-order valence-corrected chi connectivity index (χ3v) is 4.18. The molecule has 0 unspecified atom stereocenters. The minimum Gasteiger partial charge on any atom is -0.494 e. The molecule has 0 aliphatic carbocycles. The van der Waals surface area contributed by atoms with Crippen LogP contribution in [0, 0.1) is 13.8 Å². The number of benzene rings is 2. The van der Waals surface area contributed by atoms with Crippen molar-refractivity contribution in [1.29, 1.82) is 0 Å². The van der Waals surface area contributed by atoms with Crippen LogP contribution in [0.25, 0.3) is 0 Å². The van der Waals surface area contributed by atoms with Gasteiger partial charge in [0.1, 0.15) is 18.1 Å². The van der Waals surface area contributed by atoms with Crippen LogP contribution in [0.1, 0.15) is 23.6 Å². The molecule has 1 amide bonds. The lowest BCUT2D eigenvalue weighted by Gasteiger charge is -2.19. The summed E-state index contributed by atoms with van der Waals surface area (Å²) in [5, 5.41) is 10.4. The Kier molecular flexibility index (Phi) is 6.73. The zero-order valence-corrected chi connectivity index (χ0v) is 15.7. The number of anilines is 1. The topological polar surface area (TPSA) is 59.0 Å². The van der Waals surface area contributed by atoms with E-state index in [2.05, 4.69) is 0 Å². The van der Waals surface area contributed by atoms with E-state index in [1.54, 1.807) is 24.5 Å². The molecule has 134 valence electrons. The van der Waals surface area contributed by atoms with Gasteiger partial charge in [0, 0.05) is 11.6 Å². The van der Waals surface area contributed by atoms with Crippen LogP contribution < -0.4 is 14.5 Å². The van der Waals surface area contributed by atoms with Gasteiger partial charge in [0.05, 0.1) is 12.3 Å². The summed E-state index contributed by atoms with van der Waals surface area (Å²) in [4.78, 5) is 11.9. The highest BCUT2D eigenvalue weighted by atomic mass is 32.2. The van der Waals surface area contributed by atoms with E-state index in [1.165, 1.54) is 5.56 Å². The van der Waals surface area contributed by atoms with Crippen molar-refractivity contribution >= 4 is 22.7 Å². The van der Waals surface area contributed by atoms with E-state index in [9.17, 15) is 10.0 Å². The fourth-order valence-electron chi connectivity index (χ4n) is 2.42. The lowest BCUT2D eigenvalue weighted by molar-refractivity contribution is 0.223. The van der Waals surface area contributed by atoms with Crippen molar-refractivity contribution in [2.24, 2.45) is 0 Å². The highest BCUT2D eigenvalue weighted by Gasteiger charge is 2.18. The van der Waals surface area contributed by atoms with Gasteiger partial charge in [-0.25, -0.2) is 0 Å². The predicted molar refractivity (Wildman–Crippen MR) is 101 cm³/mol. The molecule has 0 heterocycles. The van der Waals surface area contributed by atoms with Crippen LogP contribution in [0.4, 0.5) is 10.5 Å². The van der Waals surface area contributed by atoms with Crippen LogP contribution in [-0.4, -0.2) is 23.3 Å². The molecule has 0 atom stereocenters. The Morgan fingerprint density at radius 1 is 1.16 bits per heavy atom. The van der Waals surface area contributed by atoms with Gasteiger partial charge in [-0.3, -0.25) is 10.0 Å². The first-order valence-electron chi connectivity index (χ1n) is 7.99. The summed E-state index contributed by atoms with van der Waals surface area (Å²) in [6.45, 7) is 6.61. The highest BCUT2D eigenvalue weighted by Crippen LogP contribution is 2.29. The molecule has 0 aliphatic heterocycles. The molecule has 0 spiro atoms. The minimum atomic E-state index is -0.471. The molecule has 1 N–H and O–H groups in total. The Morgan fingerprint density at radius 3 is 2.56 bits per heavy atom. The van der Waals surface area contributed by atoms with E-state index in [0.29, 0.717) is 28.7 Å². The average molecular weight is 361 g/mol. The summed E-state index contributed by atoms with van der Waals surface area (Å²) in [5.74, 6) is 1.35. The van der Waals surface area contributed by atoms with Crippen molar-refractivity contribution in [2.45, 2.75) is 27.4 Å². The molecule has 5 nitrogen and oxygen atoms in total. The third kappa shape index (κ3) is 4.90. The van der Waals surface area contributed by atoms with Gasteiger partial charge in [0.15, 0.2) is 0 Å². The lowest BCUT2D eigenvalue weighted by atomic mass is 10.1. The molecule has 2 aromatic carbocycles. The second-order valence-electron chi connectivity index (χ2n) is 5.56. The van der Waals surface area contributed by atoms with E-state index < -0.39 is 5.24 Å². The summed E-state index contributed by atoms with van der Waals surface area (Å²) in [7, 11) is 0. The summed E-state index contributed by atoms with van der Waals surface area (Å²) in [6.07, 6.45) is 1.61. The van der Waals surface area contributed by atoms with Crippen molar-refractivity contribution in [3.63, 3.8) is 0 Å². The number of hydrogen-bond donors (Lipinski definition) is 1. The summed E-state index contributed by atoms with van der Waals surface area (Å²) < 4.78 is 11.3. The Balaban J connectivity index is 2.27. The number of amides is 1. The van der Waals surface area contributed by atoms with E-state index >= 15 is 0 Å². The van der Waals surface area contributed by atoms with Gasteiger partial charge < -0.3 is 9.47 Å². The van der Waals surface area contributed by atoms with Gasteiger partial charge in [-0.2, -0.15) is 5.06 Å². The number of thioether (sulfide) groups is 1. The second kappa shape index (κ2) is 8.78. The van der Waals surface area contributed by atoms with Gasteiger partial charge >= 0.3 is 5.24 Å². The van der Waals surface area contributed by atoms with E-state index in [1.807, 2.05) is 39.0 Å². The Labute approximate surface area is 152 Å². The quantitative estimate of drug-likeness (QED) is 0.582. The van der Waals surface area contributed by atoms with Crippen LogP contribution in [0.2, 0.25) is 0 Å². The second-order valence-corrected chi connectivity index (χ2v) is 6.32. The zero-order valence-electron chi connectivity index (χ0n) is 14.9. The minimum absolute atomic E-state index is 0.227. The van der Waals surface area contributed by atoms with Crippen LogP contribution in [0.5, 0.6) is 11.5 Å². The molecule has 0 saturated carbocycles. The van der Waals surface area contributed by atoms with E-state index in [-0.39, 0.29) is 6.61 Å². The number of nitrogens with zero attached hydrogens (tertiary/aromatic N) is 1. The first kappa shape index (κ1) is 19.1. The third-order valence-electron chi connectivity index (χ3n) is 3.66. The summed E-state index contributed by atoms with van der Waals surface area (Å²) in [5.41, 5.74) is 3.25. The molecule has 0 fully saturated rings. The number of ether oxygens (including phenoxy) is 2. The number of carbonyl (C=O) groups excluding carboxylic acids is 1. The maximum Gasteiger partial charge on any atom is 0.309 e. The van der Waals surface area contributed by atoms with Crippen molar-refractivity contribution in [3.8, 4) is 11.5 Å². The monoisotopic (exact) mass is 361 g/mol. The number of aryl methyl sites for hydroxylation is 2. The molecule has 0 bridgehead atoms. The number of rotatable bonds is 6. The van der Waals surface area contributed by atoms with Crippen molar-refractivity contribution in [2.75, 3.05) is 17.9 Å². The summed E-state index contributed by atoms with van der Waals surface area (Å²) >= 11 is 0.930. The van der Waals surface area contributed by atoms with Gasteiger partial charge in [0.2, 0.25) is 0 Å². The highest BCUT2D eigenvalue weighted by molar-refractivity contribution is 8.13. The lowest BCUT2D eigenvalue weighted by Crippen LogP contribution is -2.24. The van der Waals surface area contributed by atoms with Crippen molar-refractivity contribution in [3.05, 3.63) is 53.1 Å². The fourth-order valence-corrected chi connectivity index (χ4v) is 2.69. The predicted octanol–water partition coefficient (Wildman–Crippen LogP) is 4.96. The molecule has 0 aliphatic rings. The maximum absolute atomic E-state index is 11.9. The summed E-state index contributed by atoms with van der Waals surface area (Å²) in [6, 6.07) is 11.2. The first-order chi connectivity index (χ1) is 12.0. The molecule has 2 aromatic rings. The van der Waals surface area contributed by atoms with Crippen LogP contribution in [0.15, 0.2) is 36.4 Å². The molecular weight excluding hydrogens is 338 g/mol. The molecule has 25 heavy (non-hydrogen) atoms. The van der Waals surface area contributed by atoms with E-state index in [4.69, 9.17) is 9.47 Å². The first-order valence-corrected chi connectivity index (χ1v) is 9.21. The van der Waals surface area contributed by atoms with Gasteiger partial charge in [-0.1, -0.05) is 29.5 Å². The Hall–Kier alpha value is -2.18. The standard InChI is InChI=1S/C19H23NO4S/c1-5-23-16-8-7-15(17(11-16)20(22)19(21)25-4)12-24-18-9-6-13(2)10-14(18)3/h6-11,22H,5,12H2,1-4H3. The van der Waals surface area contributed by atoms with Crippen molar-refractivity contribution in [1.82, 2.24) is 0 Å². The smallest absolute Gasteiger partial charge is 0.309 e. The fraction of sp³-hybridized carbons (Fsp3) is 0.316. The number of hydroxylamine groups is 1. The van der Waals surface area contributed by atoms with Gasteiger partial charge in [-0.15, -0.1) is 0 Å². The van der Waals surface area contributed by atoms with Crippen LogP contribution >= 0.6 is 11.8 Å².